The second kappa shape index (κ2) is 5.39. The van der Waals surface area contributed by atoms with Crippen LogP contribution in [0.15, 0.2) is 30.3 Å². The molecule has 2 aliphatic rings. The lowest BCUT2D eigenvalue weighted by Gasteiger charge is -2.23. The van der Waals surface area contributed by atoms with Gasteiger partial charge in [0.1, 0.15) is 0 Å². The van der Waals surface area contributed by atoms with Crippen molar-refractivity contribution in [3.05, 3.63) is 69.3 Å². The molecule has 2 aromatic carbocycles. The van der Waals surface area contributed by atoms with Gasteiger partial charge in [0, 0.05) is 12.0 Å². The molecule has 0 N–H and O–H groups in total. The van der Waals surface area contributed by atoms with Crippen LogP contribution in [0.25, 0.3) is 0 Å². The highest BCUT2D eigenvalue weighted by Crippen LogP contribution is 2.35. The lowest BCUT2D eigenvalue weighted by Crippen LogP contribution is -2.11. The highest BCUT2D eigenvalue weighted by atomic mass is 16.1. The van der Waals surface area contributed by atoms with Gasteiger partial charge in [0.2, 0.25) is 0 Å². The van der Waals surface area contributed by atoms with Crippen molar-refractivity contribution in [2.45, 2.75) is 51.9 Å². The number of aryl methyl sites for hydroxylation is 2. The average Bonchev–Trinajstić information content (AvgIpc) is 2.90. The van der Waals surface area contributed by atoms with Crippen molar-refractivity contribution < 1.29 is 4.79 Å². The fourth-order valence-corrected chi connectivity index (χ4v) is 4.07. The first kappa shape index (κ1) is 13.8. The molecule has 1 nitrogen and oxygen atoms in total. The first-order valence-electron chi connectivity index (χ1n) is 8.47. The minimum atomic E-state index is 0.355. The third-order valence-electron chi connectivity index (χ3n) is 5.29. The minimum Gasteiger partial charge on any atom is -0.294 e. The molecule has 0 heterocycles. The topological polar surface area (TPSA) is 17.1 Å². The smallest absolute Gasteiger partial charge is 0.163 e. The summed E-state index contributed by atoms with van der Waals surface area (Å²) in [5.74, 6) is 0.355. The molecule has 0 aliphatic heterocycles. The van der Waals surface area contributed by atoms with Gasteiger partial charge in [0.25, 0.3) is 0 Å². The molecule has 0 amide bonds. The molecule has 0 unspecified atom stereocenters. The summed E-state index contributed by atoms with van der Waals surface area (Å²) >= 11 is 0. The molecule has 0 saturated carbocycles. The minimum absolute atomic E-state index is 0.355. The van der Waals surface area contributed by atoms with E-state index in [1.54, 1.807) is 5.56 Å². The normalized spacial score (nSPS) is 16.5. The van der Waals surface area contributed by atoms with Crippen molar-refractivity contribution in [2.24, 2.45) is 0 Å². The van der Waals surface area contributed by atoms with Crippen LogP contribution >= 0.6 is 0 Å². The fourth-order valence-electron chi connectivity index (χ4n) is 4.07. The average molecular weight is 290 g/mol. The van der Waals surface area contributed by atoms with Gasteiger partial charge in [-0.25, -0.2) is 0 Å². The van der Waals surface area contributed by atoms with Crippen molar-refractivity contribution in [3.63, 3.8) is 0 Å². The Labute approximate surface area is 132 Å². The van der Waals surface area contributed by atoms with Crippen molar-refractivity contribution in [1.29, 1.82) is 0 Å². The number of hydrogen-bond acceptors (Lipinski definition) is 1. The van der Waals surface area contributed by atoms with E-state index in [2.05, 4.69) is 37.3 Å². The molecular weight excluding hydrogens is 268 g/mol. The third kappa shape index (κ3) is 2.29. The highest BCUT2D eigenvalue weighted by Gasteiger charge is 2.27. The standard InChI is InChI=1S/C21H22O/c1-14-6-8-15(9-7-14)12-19-17-5-3-2-4-16(17)13-20-18(19)10-11-21(20)22/h6-9,13H,2-5,10-12H2,1H3. The van der Waals surface area contributed by atoms with Crippen molar-refractivity contribution in [2.75, 3.05) is 0 Å². The summed E-state index contributed by atoms with van der Waals surface area (Å²) in [6, 6.07) is 11.1. The number of benzene rings is 2. The van der Waals surface area contributed by atoms with Crippen LogP contribution < -0.4 is 0 Å². The van der Waals surface area contributed by atoms with Crippen molar-refractivity contribution in [3.8, 4) is 0 Å². The predicted octanol–water partition coefficient (Wildman–Crippen LogP) is 4.59. The van der Waals surface area contributed by atoms with Crippen LogP contribution in [0.2, 0.25) is 0 Å². The highest BCUT2D eigenvalue weighted by molar-refractivity contribution is 6.01. The molecule has 4 rings (SSSR count). The Morgan fingerprint density at radius 1 is 0.909 bits per heavy atom. The van der Waals surface area contributed by atoms with Gasteiger partial charge in [-0.3, -0.25) is 4.79 Å². The number of hydrogen-bond donors (Lipinski definition) is 0. The Morgan fingerprint density at radius 2 is 1.68 bits per heavy atom. The number of fused-ring (bicyclic) bond motifs is 2. The van der Waals surface area contributed by atoms with Gasteiger partial charge in [-0.1, -0.05) is 29.8 Å². The molecule has 0 aromatic heterocycles. The van der Waals surface area contributed by atoms with E-state index in [4.69, 9.17) is 0 Å². The van der Waals surface area contributed by atoms with E-state index < -0.39 is 0 Å². The van der Waals surface area contributed by atoms with E-state index in [-0.39, 0.29) is 0 Å². The Bertz CT molecular complexity index is 737. The molecule has 1 heteroatoms. The number of ketones is 1. The summed E-state index contributed by atoms with van der Waals surface area (Å²) < 4.78 is 0. The van der Waals surface area contributed by atoms with Crippen LogP contribution in [0.1, 0.15) is 63.0 Å². The lowest BCUT2D eigenvalue weighted by atomic mass is 9.82. The molecule has 0 bridgehead atoms. The SMILES string of the molecule is Cc1ccc(Cc2c3c(cc4c2CCC4=O)CCCC3)cc1. The first-order chi connectivity index (χ1) is 10.7. The van der Waals surface area contributed by atoms with Crippen molar-refractivity contribution in [1.82, 2.24) is 0 Å². The summed E-state index contributed by atoms with van der Waals surface area (Å²) in [5.41, 5.74) is 9.53. The monoisotopic (exact) mass is 290 g/mol. The summed E-state index contributed by atoms with van der Waals surface area (Å²) in [5, 5.41) is 0. The van der Waals surface area contributed by atoms with Crippen LogP contribution in [0.3, 0.4) is 0 Å². The van der Waals surface area contributed by atoms with Crippen LogP contribution in [0.4, 0.5) is 0 Å². The van der Waals surface area contributed by atoms with Crippen LogP contribution in [-0.2, 0) is 25.7 Å². The Morgan fingerprint density at radius 3 is 2.50 bits per heavy atom. The van der Waals surface area contributed by atoms with Crippen molar-refractivity contribution >= 4 is 5.78 Å². The molecule has 0 atom stereocenters. The quantitative estimate of drug-likeness (QED) is 0.790. The zero-order chi connectivity index (χ0) is 15.1. The number of carbonyl (C=O) groups excluding carboxylic acids is 1. The third-order valence-corrected chi connectivity index (χ3v) is 5.29. The van der Waals surface area contributed by atoms with E-state index in [0.29, 0.717) is 12.2 Å². The van der Waals surface area contributed by atoms with Gasteiger partial charge in [-0.15, -0.1) is 0 Å². The van der Waals surface area contributed by atoms with Gasteiger partial charge >= 0.3 is 0 Å². The van der Waals surface area contributed by atoms with E-state index in [1.807, 2.05) is 0 Å². The Balaban J connectivity index is 1.83. The second-order valence-electron chi connectivity index (χ2n) is 6.81. The van der Waals surface area contributed by atoms with Crippen LogP contribution in [0.5, 0.6) is 0 Å². The zero-order valence-electron chi connectivity index (χ0n) is 13.2. The molecule has 22 heavy (non-hydrogen) atoms. The van der Waals surface area contributed by atoms with Gasteiger partial charge < -0.3 is 0 Å². The molecule has 0 fully saturated rings. The summed E-state index contributed by atoms with van der Waals surface area (Å²) in [6.07, 6.45) is 7.54. The van der Waals surface area contributed by atoms with Gasteiger partial charge in [0.05, 0.1) is 0 Å². The summed E-state index contributed by atoms with van der Waals surface area (Å²) in [4.78, 5) is 12.2. The number of rotatable bonds is 2. The maximum absolute atomic E-state index is 12.2. The zero-order valence-corrected chi connectivity index (χ0v) is 13.2. The molecular formula is C21H22O. The van der Waals surface area contributed by atoms with E-state index in [0.717, 1.165) is 24.8 Å². The van der Waals surface area contributed by atoms with Crippen LogP contribution in [-0.4, -0.2) is 5.78 Å². The molecule has 0 spiro atoms. The maximum Gasteiger partial charge on any atom is 0.163 e. The number of Topliss-reactive ketones (excluding diaryl/α,β-unsaturated/α-hetero) is 1. The maximum atomic E-state index is 12.2. The van der Waals surface area contributed by atoms with Gasteiger partial charge in [-0.2, -0.15) is 0 Å². The van der Waals surface area contributed by atoms with Gasteiger partial charge in [-0.05, 0) is 79.3 Å². The lowest BCUT2D eigenvalue weighted by molar-refractivity contribution is 0.0994. The summed E-state index contributed by atoms with van der Waals surface area (Å²) in [7, 11) is 0. The molecule has 2 aliphatic carbocycles. The van der Waals surface area contributed by atoms with E-state index in [9.17, 15) is 4.79 Å². The van der Waals surface area contributed by atoms with E-state index >= 15 is 0 Å². The molecule has 0 radical (unpaired) electrons. The Kier molecular flexibility index (Phi) is 3.37. The van der Waals surface area contributed by atoms with Crippen LogP contribution in [0, 0.1) is 6.92 Å². The van der Waals surface area contributed by atoms with E-state index in [1.165, 1.54) is 47.1 Å². The largest absolute Gasteiger partial charge is 0.294 e. The second-order valence-corrected chi connectivity index (χ2v) is 6.81. The molecule has 0 saturated heterocycles. The summed E-state index contributed by atoms with van der Waals surface area (Å²) in [6.45, 7) is 2.13. The Hall–Kier alpha value is -1.89. The molecule has 2 aromatic rings. The predicted molar refractivity (Wildman–Crippen MR) is 89.7 cm³/mol. The van der Waals surface area contributed by atoms with Gasteiger partial charge in [0.15, 0.2) is 5.78 Å². The molecule has 112 valence electrons. The number of carbonyl (C=O) groups is 1. The first-order valence-corrected chi connectivity index (χ1v) is 8.47. The fraction of sp³-hybridized carbons (Fsp3) is 0.381.